The van der Waals surface area contributed by atoms with Crippen molar-refractivity contribution in [3.05, 3.63) is 112 Å². The normalized spacial score (nSPS) is 13.1. The first-order valence-electron chi connectivity index (χ1n) is 12.3. The van der Waals surface area contributed by atoms with Crippen LogP contribution in [-0.4, -0.2) is 25.8 Å². The summed E-state index contributed by atoms with van der Waals surface area (Å²) in [5.41, 5.74) is 6.25. The molecule has 0 unspecified atom stereocenters. The van der Waals surface area contributed by atoms with E-state index in [1.165, 1.54) is 34.9 Å². The number of thiazole rings is 1. The van der Waals surface area contributed by atoms with Crippen molar-refractivity contribution in [1.29, 1.82) is 0 Å². The van der Waals surface area contributed by atoms with Gasteiger partial charge in [0.05, 0.1) is 11.4 Å². The highest BCUT2D eigenvalue weighted by atomic mass is 32.1. The second-order valence-corrected chi connectivity index (χ2v) is 10.4. The third-order valence-electron chi connectivity index (χ3n) is 6.75. The minimum absolute atomic E-state index is 0.0389. The lowest BCUT2D eigenvalue weighted by Gasteiger charge is -2.10. The Morgan fingerprint density at radius 1 is 1.03 bits per heavy atom. The molecular weight excluding hydrogens is 504 g/mol. The van der Waals surface area contributed by atoms with Crippen LogP contribution < -0.4 is 0 Å². The fraction of sp³-hybridized carbons (Fsp3) is 0.167. The average molecular weight is 528 g/mol. The summed E-state index contributed by atoms with van der Waals surface area (Å²) in [6, 6.07) is 19.3. The molecule has 8 heteroatoms. The summed E-state index contributed by atoms with van der Waals surface area (Å²) in [6.07, 6.45) is 2.26. The number of carboxylic acids is 1. The van der Waals surface area contributed by atoms with Gasteiger partial charge in [-0.3, -0.25) is 0 Å². The van der Waals surface area contributed by atoms with Gasteiger partial charge in [0.15, 0.2) is 5.69 Å². The first-order valence-corrected chi connectivity index (χ1v) is 13.2. The van der Waals surface area contributed by atoms with Crippen LogP contribution in [0.2, 0.25) is 0 Å². The van der Waals surface area contributed by atoms with Gasteiger partial charge in [-0.25, -0.2) is 23.2 Å². The largest absolute Gasteiger partial charge is 0.476 e. The van der Waals surface area contributed by atoms with Gasteiger partial charge in [0.1, 0.15) is 11.6 Å². The van der Waals surface area contributed by atoms with Crippen molar-refractivity contribution < 1.29 is 18.7 Å². The number of benzene rings is 3. The topological polar surface area (TPSA) is 68.0 Å². The SMILES string of the molecule is Cc1ccc(Cc2c(-c3cccc(-c4cccc(F)c4)c3)nn(-c3nc(C(=O)O)cs3)c2C2CC2)c(F)c1. The maximum atomic E-state index is 15.0. The molecule has 38 heavy (non-hydrogen) atoms. The van der Waals surface area contributed by atoms with Crippen LogP contribution in [0, 0.1) is 18.6 Å². The quantitative estimate of drug-likeness (QED) is 0.239. The molecule has 2 aromatic heterocycles. The predicted octanol–water partition coefficient (Wildman–Crippen LogP) is 7.42. The highest BCUT2D eigenvalue weighted by Gasteiger charge is 2.34. The highest BCUT2D eigenvalue weighted by molar-refractivity contribution is 7.12. The van der Waals surface area contributed by atoms with Gasteiger partial charge in [0.25, 0.3) is 0 Å². The first kappa shape index (κ1) is 24.2. The Morgan fingerprint density at radius 3 is 2.45 bits per heavy atom. The molecule has 0 saturated heterocycles. The molecule has 5 aromatic rings. The van der Waals surface area contributed by atoms with Crippen molar-refractivity contribution in [1.82, 2.24) is 14.8 Å². The Kier molecular flexibility index (Phi) is 6.12. The second-order valence-electron chi connectivity index (χ2n) is 9.58. The first-order chi connectivity index (χ1) is 18.4. The van der Waals surface area contributed by atoms with Gasteiger partial charge >= 0.3 is 5.97 Å². The number of aryl methyl sites for hydroxylation is 1. The summed E-state index contributed by atoms with van der Waals surface area (Å²) in [5, 5.41) is 16.3. The summed E-state index contributed by atoms with van der Waals surface area (Å²) in [7, 11) is 0. The molecule has 2 heterocycles. The third-order valence-corrected chi connectivity index (χ3v) is 7.57. The van der Waals surface area contributed by atoms with E-state index in [1.807, 2.05) is 43.3 Å². The zero-order valence-corrected chi connectivity index (χ0v) is 21.3. The summed E-state index contributed by atoms with van der Waals surface area (Å²) >= 11 is 1.21. The number of nitrogens with zero attached hydrogens (tertiary/aromatic N) is 3. The zero-order chi connectivity index (χ0) is 26.4. The van der Waals surface area contributed by atoms with Gasteiger partial charge in [-0.1, -0.05) is 42.5 Å². The lowest BCUT2D eigenvalue weighted by Crippen LogP contribution is -2.04. The van der Waals surface area contributed by atoms with Crippen LogP contribution in [0.5, 0.6) is 0 Å². The monoisotopic (exact) mass is 527 g/mol. The van der Waals surface area contributed by atoms with Crippen molar-refractivity contribution in [3.63, 3.8) is 0 Å². The standard InChI is InChI=1S/C30H23F2N3O2S/c1-17-8-9-21(25(32)12-17)15-24-27(22-6-2-4-19(13-22)20-5-3-7-23(31)14-20)34-35(28(24)18-10-11-18)30-33-26(16-38-30)29(36)37/h2-9,12-14,16,18H,10-11,15H2,1H3,(H,36,37). The highest BCUT2D eigenvalue weighted by Crippen LogP contribution is 2.46. The molecule has 0 atom stereocenters. The number of rotatable bonds is 7. The number of carbonyl (C=O) groups is 1. The molecule has 6 rings (SSSR count). The average Bonchev–Trinajstić information content (AvgIpc) is 3.48. The minimum atomic E-state index is -1.10. The van der Waals surface area contributed by atoms with Crippen molar-refractivity contribution in [2.45, 2.75) is 32.1 Å². The van der Waals surface area contributed by atoms with E-state index in [1.54, 1.807) is 16.8 Å². The van der Waals surface area contributed by atoms with E-state index < -0.39 is 5.97 Å². The van der Waals surface area contributed by atoms with Crippen molar-refractivity contribution >= 4 is 17.3 Å². The molecule has 0 amide bonds. The zero-order valence-electron chi connectivity index (χ0n) is 20.5. The minimum Gasteiger partial charge on any atom is -0.476 e. The molecule has 0 spiro atoms. The van der Waals surface area contributed by atoms with Crippen LogP contribution in [-0.2, 0) is 6.42 Å². The maximum absolute atomic E-state index is 15.0. The molecule has 1 aliphatic carbocycles. The lowest BCUT2D eigenvalue weighted by atomic mass is 9.95. The van der Waals surface area contributed by atoms with E-state index in [9.17, 15) is 14.3 Å². The molecule has 5 nitrogen and oxygen atoms in total. The Morgan fingerprint density at radius 2 is 1.76 bits per heavy atom. The van der Waals surface area contributed by atoms with E-state index in [-0.39, 0.29) is 23.2 Å². The molecule has 0 radical (unpaired) electrons. The van der Waals surface area contributed by atoms with Crippen molar-refractivity contribution in [3.8, 4) is 27.5 Å². The van der Waals surface area contributed by atoms with E-state index in [4.69, 9.17) is 5.10 Å². The van der Waals surface area contributed by atoms with Gasteiger partial charge in [-0.05, 0) is 66.3 Å². The van der Waals surface area contributed by atoms with Gasteiger partial charge < -0.3 is 5.11 Å². The van der Waals surface area contributed by atoms with Gasteiger partial charge in [0, 0.05) is 28.8 Å². The Hall–Kier alpha value is -4.17. The molecule has 1 saturated carbocycles. The van der Waals surface area contributed by atoms with Crippen LogP contribution in [0.1, 0.15) is 51.6 Å². The van der Waals surface area contributed by atoms with Crippen LogP contribution in [0.4, 0.5) is 8.78 Å². The predicted molar refractivity (Wildman–Crippen MR) is 143 cm³/mol. The van der Waals surface area contributed by atoms with Crippen LogP contribution in [0.15, 0.2) is 72.1 Å². The molecule has 1 aliphatic rings. The Bertz CT molecular complexity index is 1690. The second kappa shape index (κ2) is 9.61. The Labute approximate surface area is 222 Å². The van der Waals surface area contributed by atoms with E-state index in [0.29, 0.717) is 22.8 Å². The number of aromatic carboxylic acids is 1. The number of carboxylic acid groups (broad SMARTS) is 1. The third kappa shape index (κ3) is 4.63. The van der Waals surface area contributed by atoms with Crippen LogP contribution >= 0.6 is 11.3 Å². The Balaban J connectivity index is 1.54. The van der Waals surface area contributed by atoms with Gasteiger partial charge in [-0.15, -0.1) is 11.3 Å². The molecule has 1 fully saturated rings. The molecule has 190 valence electrons. The van der Waals surface area contributed by atoms with Crippen LogP contribution in [0.3, 0.4) is 0 Å². The molecule has 1 N–H and O–H groups in total. The van der Waals surface area contributed by atoms with E-state index in [0.717, 1.165) is 46.4 Å². The number of hydrogen-bond acceptors (Lipinski definition) is 4. The van der Waals surface area contributed by atoms with Gasteiger partial charge in [0.2, 0.25) is 5.13 Å². The fourth-order valence-corrected chi connectivity index (χ4v) is 5.51. The number of halogens is 2. The summed E-state index contributed by atoms with van der Waals surface area (Å²) in [5.74, 6) is -1.47. The molecular formula is C30H23F2N3O2S. The number of aromatic nitrogens is 3. The van der Waals surface area contributed by atoms with Gasteiger partial charge in [-0.2, -0.15) is 5.10 Å². The molecule has 0 aliphatic heterocycles. The summed E-state index contributed by atoms with van der Waals surface area (Å²) in [6.45, 7) is 1.85. The molecule has 3 aromatic carbocycles. The van der Waals surface area contributed by atoms with E-state index in [2.05, 4.69) is 4.98 Å². The summed E-state index contributed by atoms with van der Waals surface area (Å²) in [4.78, 5) is 15.8. The lowest BCUT2D eigenvalue weighted by molar-refractivity contribution is 0.0691. The number of hydrogen-bond donors (Lipinski definition) is 1. The smallest absolute Gasteiger partial charge is 0.355 e. The maximum Gasteiger partial charge on any atom is 0.355 e. The van der Waals surface area contributed by atoms with Crippen molar-refractivity contribution in [2.24, 2.45) is 0 Å². The van der Waals surface area contributed by atoms with E-state index >= 15 is 4.39 Å². The molecule has 0 bridgehead atoms. The fourth-order valence-electron chi connectivity index (χ4n) is 4.75. The van der Waals surface area contributed by atoms with Crippen LogP contribution in [0.25, 0.3) is 27.5 Å². The summed E-state index contributed by atoms with van der Waals surface area (Å²) < 4.78 is 30.7. The van der Waals surface area contributed by atoms with Crippen molar-refractivity contribution in [2.75, 3.05) is 0 Å².